The molecule has 4 aromatic rings. The lowest BCUT2D eigenvalue weighted by atomic mass is 9.97. The average molecular weight is 409 g/mol. The Morgan fingerprint density at radius 2 is 1.32 bits per heavy atom. The zero-order valence-electron chi connectivity index (χ0n) is 17.3. The molecule has 31 heavy (non-hydrogen) atoms. The average Bonchev–Trinajstić information content (AvgIpc) is 2.82. The maximum Gasteiger partial charge on any atom is 0.274 e. The van der Waals surface area contributed by atoms with Crippen LogP contribution < -0.4 is 5.56 Å². The van der Waals surface area contributed by atoms with E-state index in [0.29, 0.717) is 6.54 Å². The third kappa shape index (κ3) is 4.61. The molecule has 0 aliphatic rings. The molecule has 1 amide bonds. The summed E-state index contributed by atoms with van der Waals surface area (Å²) in [5.41, 5.74) is 2.94. The van der Waals surface area contributed by atoms with Crippen LogP contribution >= 0.6 is 0 Å². The Kier molecular flexibility index (Phi) is 6.03. The molecule has 0 atom stereocenters. The zero-order chi connectivity index (χ0) is 21.6. The summed E-state index contributed by atoms with van der Waals surface area (Å²) in [5, 5.41) is 4.37. The number of aromatic nitrogens is 2. The van der Waals surface area contributed by atoms with E-state index in [4.69, 9.17) is 0 Å². The zero-order valence-corrected chi connectivity index (χ0v) is 17.3. The van der Waals surface area contributed by atoms with Crippen molar-refractivity contribution in [1.29, 1.82) is 0 Å². The number of nitrogens with zero attached hydrogens (tertiary/aromatic N) is 3. The number of benzene rings is 3. The number of rotatable bonds is 6. The minimum atomic E-state index is -0.272. The third-order valence-electron chi connectivity index (χ3n) is 5.20. The van der Waals surface area contributed by atoms with E-state index >= 15 is 0 Å². The molecule has 154 valence electrons. The summed E-state index contributed by atoms with van der Waals surface area (Å²) in [7, 11) is 1.77. The van der Waals surface area contributed by atoms with Gasteiger partial charge in [0.1, 0.15) is 5.69 Å². The fraction of sp³-hybridized carbons (Fsp3) is 0.115. The standard InChI is InChI=1S/C26H23N3O2/c1-28(25(21-13-7-3-8-14-21)22-15-9-4-10-16-22)26(31)23-17-18-24(30)29(27-23)19-20-11-5-2-6-12-20/h2-18,25H,19H2,1H3. The van der Waals surface area contributed by atoms with Gasteiger partial charge in [-0.15, -0.1) is 0 Å². The first-order chi connectivity index (χ1) is 15.1. The second-order valence-corrected chi connectivity index (χ2v) is 7.34. The lowest BCUT2D eigenvalue weighted by Gasteiger charge is -2.29. The monoisotopic (exact) mass is 409 g/mol. The molecule has 3 aromatic carbocycles. The first-order valence-electron chi connectivity index (χ1n) is 10.1. The molecule has 5 heteroatoms. The molecule has 0 bridgehead atoms. The van der Waals surface area contributed by atoms with E-state index in [1.165, 1.54) is 16.8 Å². The Balaban J connectivity index is 1.67. The predicted octanol–water partition coefficient (Wildman–Crippen LogP) is 4.15. The first kappa shape index (κ1) is 20.3. The highest BCUT2D eigenvalue weighted by Gasteiger charge is 2.25. The van der Waals surface area contributed by atoms with Gasteiger partial charge < -0.3 is 4.90 Å². The van der Waals surface area contributed by atoms with Crippen molar-refractivity contribution in [3.63, 3.8) is 0 Å². The molecular formula is C26H23N3O2. The van der Waals surface area contributed by atoms with Crippen LogP contribution in [0.5, 0.6) is 0 Å². The van der Waals surface area contributed by atoms with Crippen molar-refractivity contribution in [3.05, 3.63) is 136 Å². The van der Waals surface area contributed by atoms with Crippen LogP contribution in [0, 0.1) is 0 Å². The molecule has 0 N–H and O–H groups in total. The van der Waals surface area contributed by atoms with E-state index in [0.717, 1.165) is 16.7 Å². The molecule has 0 aliphatic heterocycles. The number of carbonyl (C=O) groups excluding carboxylic acids is 1. The van der Waals surface area contributed by atoms with Gasteiger partial charge in [-0.25, -0.2) is 4.68 Å². The van der Waals surface area contributed by atoms with Crippen molar-refractivity contribution in [1.82, 2.24) is 14.7 Å². The number of hydrogen-bond donors (Lipinski definition) is 0. The lowest BCUT2D eigenvalue weighted by Crippen LogP contribution is -2.34. The van der Waals surface area contributed by atoms with Crippen molar-refractivity contribution < 1.29 is 4.79 Å². The van der Waals surface area contributed by atoms with Gasteiger partial charge in [-0.1, -0.05) is 91.0 Å². The molecule has 0 radical (unpaired) electrons. The molecular weight excluding hydrogens is 386 g/mol. The second-order valence-electron chi connectivity index (χ2n) is 7.34. The first-order valence-corrected chi connectivity index (χ1v) is 10.1. The Morgan fingerprint density at radius 3 is 1.87 bits per heavy atom. The van der Waals surface area contributed by atoms with Gasteiger partial charge in [0, 0.05) is 13.1 Å². The van der Waals surface area contributed by atoms with Crippen molar-refractivity contribution in [2.75, 3.05) is 7.05 Å². The fourth-order valence-corrected chi connectivity index (χ4v) is 3.64. The van der Waals surface area contributed by atoms with Gasteiger partial charge in [0.15, 0.2) is 0 Å². The van der Waals surface area contributed by atoms with Gasteiger partial charge in [0.05, 0.1) is 12.6 Å². The molecule has 0 unspecified atom stereocenters. The third-order valence-corrected chi connectivity index (χ3v) is 5.20. The topological polar surface area (TPSA) is 55.2 Å². The highest BCUT2D eigenvalue weighted by Crippen LogP contribution is 2.28. The van der Waals surface area contributed by atoms with Crippen molar-refractivity contribution >= 4 is 5.91 Å². The van der Waals surface area contributed by atoms with Crippen LogP contribution in [0.1, 0.15) is 33.2 Å². The van der Waals surface area contributed by atoms with Crippen molar-refractivity contribution in [3.8, 4) is 0 Å². The highest BCUT2D eigenvalue weighted by atomic mass is 16.2. The maximum atomic E-state index is 13.4. The van der Waals surface area contributed by atoms with Gasteiger partial charge in [-0.2, -0.15) is 5.10 Å². The van der Waals surface area contributed by atoms with Crippen LogP contribution in [0.3, 0.4) is 0 Å². The smallest absolute Gasteiger partial charge is 0.274 e. The SMILES string of the molecule is CN(C(=O)c1ccc(=O)n(Cc2ccccc2)n1)C(c1ccccc1)c1ccccc1. The van der Waals surface area contributed by atoms with E-state index in [-0.39, 0.29) is 23.2 Å². The Hall–Kier alpha value is -3.99. The maximum absolute atomic E-state index is 13.4. The largest absolute Gasteiger partial charge is 0.329 e. The molecule has 4 rings (SSSR count). The second kappa shape index (κ2) is 9.22. The summed E-state index contributed by atoms with van der Waals surface area (Å²) < 4.78 is 1.33. The van der Waals surface area contributed by atoms with Crippen LogP contribution in [0.25, 0.3) is 0 Å². The summed E-state index contributed by atoms with van der Waals surface area (Å²) >= 11 is 0. The minimum absolute atomic E-state index is 0.231. The Bertz CT molecular complexity index is 1170. The fourth-order valence-electron chi connectivity index (χ4n) is 3.64. The van der Waals surface area contributed by atoms with E-state index < -0.39 is 0 Å². The highest BCUT2D eigenvalue weighted by molar-refractivity contribution is 5.92. The molecule has 0 aliphatic carbocycles. The summed E-state index contributed by atoms with van der Waals surface area (Å²) in [4.78, 5) is 27.4. The predicted molar refractivity (Wildman–Crippen MR) is 121 cm³/mol. The summed E-state index contributed by atoms with van der Waals surface area (Å²) in [6.07, 6.45) is 0. The van der Waals surface area contributed by atoms with Gasteiger partial charge in [0.2, 0.25) is 0 Å². The van der Waals surface area contributed by atoms with E-state index in [1.807, 2.05) is 91.0 Å². The summed E-state index contributed by atoms with van der Waals surface area (Å²) in [6.45, 7) is 0.311. The van der Waals surface area contributed by atoms with Crippen molar-refractivity contribution in [2.24, 2.45) is 0 Å². The van der Waals surface area contributed by atoms with Crippen LogP contribution in [-0.4, -0.2) is 27.6 Å². The van der Waals surface area contributed by atoms with Gasteiger partial charge >= 0.3 is 0 Å². The van der Waals surface area contributed by atoms with Crippen LogP contribution in [0.2, 0.25) is 0 Å². The number of hydrogen-bond acceptors (Lipinski definition) is 3. The molecule has 0 saturated carbocycles. The van der Waals surface area contributed by atoms with E-state index in [1.54, 1.807) is 11.9 Å². The van der Waals surface area contributed by atoms with E-state index in [2.05, 4.69) is 5.10 Å². The van der Waals surface area contributed by atoms with Gasteiger partial charge in [-0.05, 0) is 22.8 Å². The Morgan fingerprint density at radius 1 is 0.806 bits per heavy atom. The summed E-state index contributed by atoms with van der Waals surface area (Å²) in [5.74, 6) is -0.250. The molecule has 0 fully saturated rings. The Labute approximate surface area is 181 Å². The molecule has 1 heterocycles. The van der Waals surface area contributed by atoms with Crippen molar-refractivity contribution in [2.45, 2.75) is 12.6 Å². The molecule has 0 saturated heterocycles. The van der Waals surface area contributed by atoms with Crippen LogP contribution in [-0.2, 0) is 6.54 Å². The summed E-state index contributed by atoms with van der Waals surface area (Å²) in [6, 6.07) is 32.0. The molecule has 1 aromatic heterocycles. The van der Waals surface area contributed by atoms with Crippen LogP contribution in [0.4, 0.5) is 0 Å². The minimum Gasteiger partial charge on any atom is -0.329 e. The normalized spacial score (nSPS) is 10.8. The van der Waals surface area contributed by atoms with Crippen LogP contribution in [0.15, 0.2) is 108 Å². The van der Waals surface area contributed by atoms with Gasteiger partial charge in [0.25, 0.3) is 11.5 Å². The number of carbonyl (C=O) groups is 1. The number of amides is 1. The molecule has 5 nitrogen and oxygen atoms in total. The van der Waals surface area contributed by atoms with Gasteiger partial charge in [-0.3, -0.25) is 9.59 Å². The quantitative estimate of drug-likeness (QED) is 0.481. The molecule has 0 spiro atoms. The van der Waals surface area contributed by atoms with E-state index in [9.17, 15) is 9.59 Å². The lowest BCUT2D eigenvalue weighted by molar-refractivity contribution is 0.0746.